The average Bonchev–Trinajstić information content (AvgIpc) is 2.47. The number of H-pyrrole nitrogens is 1. The molecule has 0 aliphatic rings. The van der Waals surface area contributed by atoms with Crippen LogP contribution in [0, 0.1) is 0 Å². The van der Waals surface area contributed by atoms with E-state index in [1.54, 1.807) is 0 Å². The second kappa shape index (κ2) is 4.44. The van der Waals surface area contributed by atoms with Crippen LogP contribution in [0.15, 0.2) is 6.20 Å². The van der Waals surface area contributed by atoms with Gasteiger partial charge in [0.1, 0.15) is 0 Å². The van der Waals surface area contributed by atoms with Crippen molar-refractivity contribution in [2.24, 2.45) is 0 Å². The molecule has 0 atom stereocenters. The van der Waals surface area contributed by atoms with Crippen LogP contribution in [0.1, 0.15) is 18.2 Å². The molecular weight excluding hydrogens is 156 g/mol. The van der Waals surface area contributed by atoms with Crippen LogP contribution in [0.3, 0.4) is 0 Å². The third kappa shape index (κ3) is 2.26. The first kappa shape index (κ1) is 8.65. The molecule has 0 saturated heterocycles. The van der Waals surface area contributed by atoms with E-state index in [0.29, 0.717) is 0 Å². The number of nitrogens with one attached hydrogen (secondary N) is 1. The molecule has 0 radical (unpaired) electrons. The topological polar surface area (TPSA) is 28.7 Å². The van der Waals surface area contributed by atoms with Gasteiger partial charge in [0.15, 0.2) is 0 Å². The van der Waals surface area contributed by atoms with Crippen LogP contribution in [0.25, 0.3) is 0 Å². The van der Waals surface area contributed by atoms with Crippen LogP contribution in [0.4, 0.5) is 0 Å². The number of aryl methyl sites for hydroxylation is 2. The molecular formula is C8H14N2S. The Kier molecular flexibility index (Phi) is 3.49. The molecule has 0 amide bonds. The molecule has 0 unspecified atom stereocenters. The highest BCUT2D eigenvalue weighted by Gasteiger charge is 2.00. The maximum atomic E-state index is 4.01. The Morgan fingerprint density at radius 3 is 3.09 bits per heavy atom. The first-order chi connectivity index (χ1) is 5.38. The van der Waals surface area contributed by atoms with Gasteiger partial charge < -0.3 is 0 Å². The van der Waals surface area contributed by atoms with E-state index in [0.717, 1.165) is 12.8 Å². The van der Waals surface area contributed by atoms with Crippen molar-refractivity contribution in [3.63, 3.8) is 0 Å². The maximum Gasteiger partial charge on any atom is 0.0522 e. The van der Waals surface area contributed by atoms with Crippen LogP contribution in [-0.2, 0) is 12.8 Å². The van der Waals surface area contributed by atoms with Gasteiger partial charge in [0.2, 0.25) is 0 Å². The van der Waals surface area contributed by atoms with Crippen molar-refractivity contribution in [2.75, 3.05) is 12.0 Å². The molecule has 0 saturated carbocycles. The van der Waals surface area contributed by atoms with Crippen LogP contribution in [0.2, 0.25) is 0 Å². The monoisotopic (exact) mass is 170 g/mol. The normalized spacial score (nSPS) is 10.4. The van der Waals surface area contributed by atoms with Crippen molar-refractivity contribution in [3.8, 4) is 0 Å². The third-order valence-corrected chi connectivity index (χ3v) is 2.36. The number of hydrogen-bond donors (Lipinski definition) is 1. The molecule has 0 aromatic carbocycles. The van der Waals surface area contributed by atoms with Crippen molar-refractivity contribution in [2.45, 2.75) is 19.8 Å². The number of aromatic nitrogens is 2. The van der Waals surface area contributed by atoms with Gasteiger partial charge in [-0.2, -0.15) is 16.9 Å². The Labute approximate surface area is 71.8 Å². The Morgan fingerprint density at radius 2 is 2.45 bits per heavy atom. The lowest BCUT2D eigenvalue weighted by atomic mass is 10.2. The lowest BCUT2D eigenvalue weighted by Gasteiger charge is -1.97. The van der Waals surface area contributed by atoms with E-state index < -0.39 is 0 Å². The molecule has 1 N–H and O–H groups in total. The van der Waals surface area contributed by atoms with Crippen molar-refractivity contribution in [3.05, 3.63) is 17.5 Å². The molecule has 0 aliphatic heterocycles. The van der Waals surface area contributed by atoms with Crippen molar-refractivity contribution < 1.29 is 0 Å². The van der Waals surface area contributed by atoms with Gasteiger partial charge in [-0.05, 0) is 30.4 Å². The van der Waals surface area contributed by atoms with Gasteiger partial charge >= 0.3 is 0 Å². The van der Waals surface area contributed by atoms with E-state index in [9.17, 15) is 0 Å². The summed E-state index contributed by atoms with van der Waals surface area (Å²) in [6.07, 6.45) is 6.25. The minimum Gasteiger partial charge on any atom is -0.282 e. The van der Waals surface area contributed by atoms with Gasteiger partial charge in [-0.15, -0.1) is 0 Å². The maximum absolute atomic E-state index is 4.01. The molecule has 2 nitrogen and oxygen atoms in total. The van der Waals surface area contributed by atoms with Gasteiger partial charge in [0, 0.05) is 5.69 Å². The molecule has 11 heavy (non-hydrogen) atoms. The molecule has 1 rings (SSSR count). The largest absolute Gasteiger partial charge is 0.282 e. The molecule has 1 heterocycles. The van der Waals surface area contributed by atoms with E-state index >= 15 is 0 Å². The predicted octanol–water partition coefficient (Wildman–Crippen LogP) is 1.88. The zero-order valence-corrected chi connectivity index (χ0v) is 7.87. The highest BCUT2D eigenvalue weighted by atomic mass is 32.2. The van der Waals surface area contributed by atoms with Crippen molar-refractivity contribution in [1.29, 1.82) is 0 Å². The molecule has 1 aromatic heterocycles. The van der Waals surface area contributed by atoms with Crippen LogP contribution in [0.5, 0.6) is 0 Å². The molecule has 0 aliphatic carbocycles. The number of hydrogen-bond acceptors (Lipinski definition) is 2. The molecule has 0 bridgehead atoms. The Morgan fingerprint density at radius 1 is 1.64 bits per heavy atom. The fourth-order valence-corrected chi connectivity index (χ4v) is 1.47. The summed E-state index contributed by atoms with van der Waals surface area (Å²) in [5.41, 5.74) is 2.67. The fourth-order valence-electron chi connectivity index (χ4n) is 1.06. The summed E-state index contributed by atoms with van der Waals surface area (Å²) in [4.78, 5) is 0. The number of thioether (sulfide) groups is 1. The SMILES string of the molecule is CCc1cn[nH]c1CCSC. The van der Waals surface area contributed by atoms with Gasteiger partial charge in [0.05, 0.1) is 6.20 Å². The molecule has 3 heteroatoms. The Bertz CT molecular complexity index is 208. The highest BCUT2D eigenvalue weighted by Crippen LogP contribution is 2.08. The van der Waals surface area contributed by atoms with E-state index in [2.05, 4.69) is 23.4 Å². The van der Waals surface area contributed by atoms with Gasteiger partial charge in [-0.3, -0.25) is 5.10 Å². The van der Waals surface area contributed by atoms with Gasteiger partial charge in [-0.25, -0.2) is 0 Å². The number of aromatic amines is 1. The van der Waals surface area contributed by atoms with Crippen molar-refractivity contribution >= 4 is 11.8 Å². The molecule has 0 spiro atoms. The standard InChI is InChI=1S/C8H14N2S/c1-3-7-6-9-10-8(7)4-5-11-2/h6H,3-5H2,1-2H3,(H,9,10). The van der Waals surface area contributed by atoms with Crippen LogP contribution >= 0.6 is 11.8 Å². The zero-order valence-electron chi connectivity index (χ0n) is 7.05. The van der Waals surface area contributed by atoms with Gasteiger partial charge in [-0.1, -0.05) is 6.92 Å². The summed E-state index contributed by atoms with van der Waals surface area (Å²) in [6, 6.07) is 0. The first-order valence-corrected chi connectivity index (χ1v) is 5.28. The summed E-state index contributed by atoms with van der Waals surface area (Å²) in [5, 5.41) is 7.04. The summed E-state index contributed by atoms with van der Waals surface area (Å²) in [5.74, 6) is 1.18. The minimum atomic E-state index is 1.08. The van der Waals surface area contributed by atoms with Crippen LogP contribution < -0.4 is 0 Å². The van der Waals surface area contributed by atoms with Crippen LogP contribution in [-0.4, -0.2) is 22.2 Å². The smallest absolute Gasteiger partial charge is 0.0522 e. The van der Waals surface area contributed by atoms with E-state index in [-0.39, 0.29) is 0 Å². The Hall–Kier alpha value is -0.440. The van der Waals surface area contributed by atoms with E-state index in [1.165, 1.54) is 17.0 Å². The minimum absolute atomic E-state index is 1.08. The highest BCUT2D eigenvalue weighted by molar-refractivity contribution is 7.98. The predicted molar refractivity (Wildman–Crippen MR) is 50.1 cm³/mol. The summed E-state index contributed by atoms with van der Waals surface area (Å²) >= 11 is 1.87. The number of nitrogens with zero attached hydrogens (tertiary/aromatic N) is 1. The van der Waals surface area contributed by atoms with E-state index in [4.69, 9.17) is 0 Å². The second-order valence-electron chi connectivity index (χ2n) is 2.47. The molecule has 1 aromatic rings. The second-order valence-corrected chi connectivity index (χ2v) is 3.46. The lowest BCUT2D eigenvalue weighted by molar-refractivity contribution is 0.963. The van der Waals surface area contributed by atoms with E-state index in [1.807, 2.05) is 18.0 Å². The average molecular weight is 170 g/mol. The zero-order chi connectivity index (χ0) is 8.10. The van der Waals surface area contributed by atoms with Crippen molar-refractivity contribution in [1.82, 2.24) is 10.2 Å². The van der Waals surface area contributed by atoms with Gasteiger partial charge in [0.25, 0.3) is 0 Å². The molecule has 0 fully saturated rings. The first-order valence-electron chi connectivity index (χ1n) is 3.88. The fraction of sp³-hybridized carbons (Fsp3) is 0.625. The number of rotatable bonds is 4. The third-order valence-electron chi connectivity index (χ3n) is 1.74. The quantitative estimate of drug-likeness (QED) is 0.747. The summed E-state index contributed by atoms with van der Waals surface area (Å²) < 4.78 is 0. The molecule has 62 valence electrons. The lowest BCUT2D eigenvalue weighted by Crippen LogP contribution is -1.92. The Balaban J connectivity index is 2.54. The summed E-state index contributed by atoms with van der Waals surface area (Å²) in [6.45, 7) is 2.16. The summed E-state index contributed by atoms with van der Waals surface area (Å²) in [7, 11) is 0.